The molecule has 21 heavy (non-hydrogen) atoms. The predicted molar refractivity (Wildman–Crippen MR) is 83.5 cm³/mol. The lowest BCUT2D eigenvalue weighted by Crippen LogP contribution is -2.52. The molecule has 0 bridgehead atoms. The highest BCUT2D eigenvalue weighted by molar-refractivity contribution is 7.86. The van der Waals surface area contributed by atoms with Crippen LogP contribution < -0.4 is 0 Å². The Hall–Kier alpha value is -1.17. The Balaban J connectivity index is 2.80. The molecule has 1 saturated heterocycles. The van der Waals surface area contributed by atoms with Crippen molar-refractivity contribution in [2.75, 3.05) is 19.3 Å². The number of carbonyl (C=O) groups is 2. The molecule has 1 aliphatic rings. The highest BCUT2D eigenvalue weighted by Gasteiger charge is 2.45. The summed E-state index contributed by atoms with van der Waals surface area (Å²) in [4.78, 5) is 25.3. The van der Waals surface area contributed by atoms with E-state index in [4.69, 9.17) is 0 Å². The lowest BCUT2D eigenvalue weighted by molar-refractivity contribution is -0.143. The molecule has 0 saturated carbocycles. The molecule has 6 heteroatoms. The first-order valence-corrected chi connectivity index (χ1v) is 8.61. The van der Waals surface area contributed by atoms with Crippen molar-refractivity contribution < 1.29 is 18.9 Å². The summed E-state index contributed by atoms with van der Waals surface area (Å²) in [5.74, 6) is -1.12. The van der Waals surface area contributed by atoms with Gasteiger partial charge in [0, 0.05) is 36.2 Å². The fourth-order valence-electron chi connectivity index (χ4n) is 2.21. The van der Waals surface area contributed by atoms with Crippen LogP contribution in [-0.4, -0.2) is 50.2 Å². The maximum atomic E-state index is 12.2. The third-order valence-electron chi connectivity index (χ3n) is 4.35. The van der Waals surface area contributed by atoms with E-state index in [1.165, 1.54) is 6.26 Å². The summed E-state index contributed by atoms with van der Waals surface area (Å²) < 4.78 is 10.6. The molecule has 1 heterocycles. The number of piperidine rings is 1. The van der Waals surface area contributed by atoms with Gasteiger partial charge in [-0.25, -0.2) is 0 Å². The summed E-state index contributed by atoms with van der Waals surface area (Å²) in [7, 11) is -1.45. The minimum absolute atomic E-state index is 0.0683. The minimum Gasteiger partial charge on any atom is -0.480 e. The average molecular weight is 315 g/mol. The number of hydrogen-bond acceptors (Lipinski definition) is 3. The van der Waals surface area contributed by atoms with Crippen LogP contribution in [0.15, 0.2) is 11.6 Å². The third kappa shape index (κ3) is 3.93. The van der Waals surface area contributed by atoms with Gasteiger partial charge in [0.05, 0.1) is 0 Å². The van der Waals surface area contributed by atoms with Crippen molar-refractivity contribution in [2.45, 2.75) is 45.3 Å². The van der Waals surface area contributed by atoms with Crippen molar-refractivity contribution in [1.29, 1.82) is 0 Å². The number of hydrogen-bond donors (Lipinski definition) is 1. The average Bonchev–Trinajstić information content (AvgIpc) is 2.36. The van der Waals surface area contributed by atoms with Crippen LogP contribution in [0.1, 0.15) is 40.5 Å². The van der Waals surface area contributed by atoms with Gasteiger partial charge in [-0.05, 0) is 25.2 Å². The van der Waals surface area contributed by atoms with E-state index >= 15 is 0 Å². The molecule has 0 spiro atoms. The van der Waals surface area contributed by atoms with Crippen molar-refractivity contribution in [3.63, 3.8) is 0 Å². The molecule has 1 unspecified atom stereocenters. The van der Waals surface area contributed by atoms with Gasteiger partial charge in [0.15, 0.2) is 0 Å². The Morgan fingerprint density at radius 1 is 1.24 bits per heavy atom. The van der Waals surface area contributed by atoms with Gasteiger partial charge in [0.25, 0.3) is 0 Å². The normalized spacial score (nSPS) is 21.0. The van der Waals surface area contributed by atoms with Crippen LogP contribution in [0.4, 0.5) is 0 Å². The summed E-state index contributed by atoms with van der Waals surface area (Å²) in [6, 6.07) is 0. The van der Waals surface area contributed by atoms with Gasteiger partial charge in [-0.15, -0.1) is 0 Å². The summed E-state index contributed by atoms with van der Waals surface area (Å²) in [6.07, 6.45) is 3.52. The van der Waals surface area contributed by atoms with Crippen LogP contribution in [0.5, 0.6) is 0 Å². The number of carboxylic acids is 1. The Kier molecular flexibility index (Phi) is 5.36. The van der Waals surface area contributed by atoms with Gasteiger partial charge in [0.1, 0.15) is 4.75 Å². The van der Waals surface area contributed by atoms with Crippen molar-refractivity contribution in [2.24, 2.45) is 5.41 Å². The largest absolute Gasteiger partial charge is 0.480 e. The Morgan fingerprint density at radius 2 is 1.71 bits per heavy atom. The van der Waals surface area contributed by atoms with Gasteiger partial charge in [-0.1, -0.05) is 26.3 Å². The van der Waals surface area contributed by atoms with Crippen LogP contribution in [0.25, 0.3) is 0 Å². The number of carbonyl (C=O) groups excluding carboxylic acids is 1. The van der Waals surface area contributed by atoms with Gasteiger partial charge >= 0.3 is 5.97 Å². The summed E-state index contributed by atoms with van der Waals surface area (Å²) >= 11 is 0. The molecular weight excluding hydrogens is 290 g/mol. The number of amides is 1. The van der Waals surface area contributed by atoms with Gasteiger partial charge in [-0.2, -0.15) is 0 Å². The second-order valence-electron chi connectivity index (χ2n) is 6.66. The fraction of sp³-hybridized carbons (Fsp3) is 0.733. The van der Waals surface area contributed by atoms with Crippen LogP contribution in [0, 0.1) is 5.41 Å². The van der Waals surface area contributed by atoms with Crippen LogP contribution in [0.3, 0.4) is 0 Å². The number of carboxylic acid groups (broad SMARTS) is 1. The highest BCUT2D eigenvalue weighted by atomic mass is 32.2. The fourth-order valence-corrected chi connectivity index (χ4v) is 3.21. The number of rotatable bonds is 3. The molecule has 5 nitrogen and oxygen atoms in total. The van der Waals surface area contributed by atoms with E-state index in [0.29, 0.717) is 13.1 Å². The maximum Gasteiger partial charge on any atom is 0.322 e. The van der Waals surface area contributed by atoms with E-state index in [0.717, 1.165) is 5.57 Å². The molecule has 1 aliphatic heterocycles. The standard InChI is InChI=1S/C15H25NO4S/c1-11(14(2,3)4)10-12(17)16-8-6-15(7-9-16,13(18)19)21(5)20/h10H,6-9H2,1-5H3,(H,18,19)/b11-10+. The SMILES string of the molecule is C/C(=C\C(=O)N1CCC(C(=O)O)(S(C)=O)CC1)C(C)(C)C. The van der Waals surface area contributed by atoms with E-state index in [-0.39, 0.29) is 24.2 Å². The van der Waals surface area contributed by atoms with E-state index in [9.17, 15) is 18.9 Å². The second kappa shape index (κ2) is 6.30. The zero-order valence-electron chi connectivity index (χ0n) is 13.4. The molecule has 1 fully saturated rings. The number of nitrogens with zero attached hydrogens (tertiary/aromatic N) is 1. The molecule has 0 aromatic rings. The molecule has 0 aromatic carbocycles. The Morgan fingerprint density at radius 3 is 2.05 bits per heavy atom. The zero-order valence-corrected chi connectivity index (χ0v) is 14.2. The zero-order chi connectivity index (χ0) is 16.4. The minimum atomic E-state index is -1.45. The van der Waals surface area contributed by atoms with E-state index in [1.54, 1.807) is 11.0 Å². The van der Waals surface area contributed by atoms with Crippen molar-refractivity contribution >= 4 is 22.7 Å². The molecule has 1 atom stereocenters. The van der Waals surface area contributed by atoms with Crippen LogP contribution >= 0.6 is 0 Å². The van der Waals surface area contributed by atoms with E-state index in [1.807, 2.05) is 27.7 Å². The van der Waals surface area contributed by atoms with Crippen LogP contribution in [0.2, 0.25) is 0 Å². The number of likely N-dealkylation sites (tertiary alicyclic amines) is 1. The Labute approximate surface area is 128 Å². The molecule has 0 aliphatic carbocycles. The first-order valence-electron chi connectivity index (χ1n) is 7.05. The molecule has 1 rings (SSSR count). The van der Waals surface area contributed by atoms with Crippen molar-refractivity contribution in [1.82, 2.24) is 4.90 Å². The molecule has 1 N–H and O–H groups in total. The lowest BCUT2D eigenvalue weighted by atomic mass is 9.87. The van der Waals surface area contributed by atoms with E-state index < -0.39 is 21.5 Å². The molecular formula is C15H25NO4S. The second-order valence-corrected chi connectivity index (χ2v) is 8.35. The van der Waals surface area contributed by atoms with Crippen molar-refractivity contribution in [3.05, 3.63) is 11.6 Å². The quantitative estimate of drug-likeness (QED) is 0.806. The topological polar surface area (TPSA) is 74.7 Å². The van der Waals surface area contributed by atoms with Gasteiger partial charge < -0.3 is 10.0 Å². The Bertz CT molecular complexity index is 466. The smallest absolute Gasteiger partial charge is 0.322 e. The van der Waals surface area contributed by atoms with Gasteiger partial charge in [-0.3, -0.25) is 13.8 Å². The monoisotopic (exact) mass is 315 g/mol. The predicted octanol–water partition coefficient (Wildman–Crippen LogP) is 1.80. The summed E-state index contributed by atoms with van der Waals surface area (Å²) in [5.41, 5.74) is 0.919. The molecule has 120 valence electrons. The summed E-state index contributed by atoms with van der Waals surface area (Å²) in [6.45, 7) is 8.70. The van der Waals surface area contributed by atoms with Crippen LogP contribution in [-0.2, 0) is 20.4 Å². The molecule has 0 radical (unpaired) electrons. The number of aliphatic carboxylic acids is 1. The molecule has 1 amide bonds. The maximum absolute atomic E-state index is 12.2. The summed E-state index contributed by atoms with van der Waals surface area (Å²) in [5, 5.41) is 9.33. The van der Waals surface area contributed by atoms with Gasteiger partial charge in [0.2, 0.25) is 5.91 Å². The lowest BCUT2D eigenvalue weighted by Gasteiger charge is -2.37. The molecule has 0 aromatic heterocycles. The van der Waals surface area contributed by atoms with Crippen molar-refractivity contribution in [3.8, 4) is 0 Å². The first-order chi connectivity index (χ1) is 9.50. The third-order valence-corrected chi connectivity index (χ3v) is 6.03. The highest BCUT2D eigenvalue weighted by Crippen LogP contribution is 2.29. The number of allylic oxidation sites excluding steroid dienone is 1. The van der Waals surface area contributed by atoms with E-state index in [2.05, 4.69) is 0 Å². The first kappa shape index (κ1) is 17.9.